The summed E-state index contributed by atoms with van der Waals surface area (Å²) in [6.07, 6.45) is 0.962. The van der Waals surface area contributed by atoms with E-state index in [1.807, 2.05) is 61.5 Å². The van der Waals surface area contributed by atoms with E-state index in [2.05, 4.69) is 13.8 Å². The van der Waals surface area contributed by atoms with E-state index in [-0.39, 0.29) is 23.8 Å². The Morgan fingerprint density at radius 2 is 1.79 bits per heavy atom. The van der Waals surface area contributed by atoms with Crippen molar-refractivity contribution < 1.29 is 23.4 Å². The molecular formula is C33H34FNO4. The summed E-state index contributed by atoms with van der Waals surface area (Å²) in [6, 6.07) is 21.1. The van der Waals surface area contributed by atoms with Crippen molar-refractivity contribution in [1.82, 2.24) is 4.98 Å². The van der Waals surface area contributed by atoms with Crippen LogP contribution in [0.5, 0.6) is 11.6 Å². The van der Waals surface area contributed by atoms with Crippen LogP contribution in [-0.2, 0) is 16.1 Å². The van der Waals surface area contributed by atoms with Crippen LogP contribution in [0.2, 0.25) is 0 Å². The molecule has 1 heterocycles. The van der Waals surface area contributed by atoms with Crippen LogP contribution in [0.3, 0.4) is 0 Å². The zero-order valence-corrected chi connectivity index (χ0v) is 23.1. The van der Waals surface area contributed by atoms with Gasteiger partial charge in [-0.1, -0.05) is 50.2 Å². The first-order valence-corrected chi connectivity index (χ1v) is 13.3. The van der Waals surface area contributed by atoms with Gasteiger partial charge in [-0.3, -0.25) is 4.79 Å². The molecule has 0 amide bonds. The fourth-order valence-electron chi connectivity index (χ4n) is 5.32. The third-order valence-corrected chi connectivity index (χ3v) is 7.52. The molecule has 0 N–H and O–H groups in total. The smallest absolute Gasteiger partial charge is 0.311 e. The molecule has 202 valence electrons. The van der Waals surface area contributed by atoms with Gasteiger partial charge in [0.05, 0.1) is 18.2 Å². The number of nitrogens with zero attached hydrogens (tertiary/aromatic N) is 1. The number of hydrogen-bond acceptors (Lipinski definition) is 5. The Hall–Kier alpha value is -3.93. The van der Waals surface area contributed by atoms with Crippen LogP contribution in [0, 0.1) is 18.2 Å². The molecular weight excluding hydrogens is 493 g/mol. The Bertz CT molecular complexity index is 1510. The highest BCUT2D eigenvalue weighted by Crippen LogP contribution is 2.46. The molecule has 0 saturated heterocycles. The number of carbonyl (C=O) groups excluding carboxylic acids is 1. The van der Waals surface area contributed by atoms with Gasteiger partial charge < -0.3 is 14.2 Å². The summed E-state index contributed by atoms with van der Waals surface area (Å²) in [4.78, 5) is 17.3. The minimum Gasteiger partial charge on any atom is -0.489 e. The van der Waals surface area contributed by atoms with E-state index in [1.54, 1.807) is 13.0 Å². The van der Waals surface area contributed by atoms with Gasteiger partial charge in [-0.15, -0.1) is 0 Å². The number of carbonyl (C=O) groups is 1. The largest absolute Gasteiger partial charge is 0.489 e. The standard InChI is InChI=1S/C33H34FNO4/c1-20(2)30-29(23-11-14-28(34)21(3)15-23)26-13-12-24(38-19-22-9-7-6-8-10-22)16-27(26)31(35-30)39-25-17-33(4,18-25)32(36)37-5/h6-16,20,25H,17-19H2,1-5H3. The average Bonchev–Trinajstić information content (AvgIpc) is 2.92. The lowest BCUT2D eigenvalue weighted by atomic mass is 9.68. The van der Waals surface area contributed by atoms with Gasteiger partial charge in [-0.2, -0.15) is 0 Å². The number of esters is 1. The number of methoxy groups -OCH3 is 1. The fourth-order valence-corrected chi connectivity index (χ4v) is 5.32. The van der Waals surface area contributed by atoms with E-state index in [9.17, 15) is 9.18 Å². The quantitative estimate of drug-likeness (QED) is 0.219. The Kier molecular flexibility index (Phi) is 7.30. The van der Waals surface area contributed by atoms with Crippen molar-refractivity contribution in [3.8, 4) is 22.8 Å². The zero-order chi connectivity index (χ0) is 27.7. The molecule has 6 heteroatoms. The minimum atomic E-state index is -0.550. The van der Waals surface area contributed by atoms with Gasteiger partial charge >= 0.3 is 5.97 Å². The van der Waals surface area contributed by atoms with E-state index in [1.165, 1.54) is 13.2 Å². The van der Waals surface area contributed by atoms with Crippen molar-refractivity contribution in [2.75, 3.05) is 7.11 Å². The molecule has 1 aliphatic carbocycles. The monoisotopic (exact) mass is 527 g/mol. The number of pyridine rings is 1. The maximum atomic E-state index is 14.2. The summed E-state index contributed by atoms with van der Waals surface area (Å²) in [7, 11) is 1.42. The van der Waals surface area contributed by atoms with E-state index in [0.717, 1.165) is 33.2 Å². The number of rotatable bonds is 8. The average molecular weight is 528 g/mol. The van der Waals surface area contributed by atoms with Crippen LogP contribution >= 0.6 is 0 Å². The fraction of sp³-hybridized carbons (Fsp3) is 0.333. The first-order chi connectivity index (χ1) is 18.7. The Morgan fingerprint density at radius 1 is 1.05 bits per heavy atom. The molecule has 39 heavy (non-hydrogen) atoms. The third-order valence-electron chi connectivity index (χ3n) is 7.52. The molecule has 0 spiro atoms. The van der Waals surface area contributed by atoms with Gasteiger partial charge in [0.25, 0.3) is 0 Å². The molecule has 3 aromatic carbocycles. The lowest BCUT2D eigenvalue weighted by Crippen LogP contribution is -2.47. The van der Waals surface area contributed by atoms with Gasteiger partial charge in [0, 0.05) is 23.8 Å². The molecule has 4 aromatic rings. The topological polar surface area (TPSA) is 57.7 Å². The van der Waals surface area contributed by atoms with Crippen molar-refractivity contribution >= 4 is 16.7 Å². The molecule has 0 unspecified atom stereocenters. The molecule has 0 bridgehead atoms. The third kappa shape index (κ3) is 5.33. The van der Waals surface area contributed by atoms with Crippen LogP contribution in [-0.4, -0.2) is 24.2 Å². The summed E-state index contributed by atoms with van der Waals surface area (Å²) >= 11 is 0. The number of aromatic nitrogens is 1. The summed E-state index contributed by atoms with van der Waals surface area (Å²) < 4.78 is 31.8. The van der Waals surface area contributed by atoms with Crippen molar-refractivity contribution in [2.45, 2.75) is 59.2 Å². The molecule has 1 saturated carbocycles. The van der Waals surface area contributed by atoms with Gasteiger partial charge in [-0.25, -0.2) is 9.37 Å². The van der Waals surface area contributed by atoms with E-state index < -0.39 is 5.41 Å². The first-order valence-electron chi connectivity index (χ1n) is 13.3. The van der Waals surface area contributed by atoms with E-state index in [0.29, 0.717) is 36.6 Å². The van der Waals surface area contributed by atoms with Crippen LogP contribution < -0.4 is 9.47 Å². The predicted molar refractivity (Wildman–Crippen MR) is 151 cm³/mol. The second-order valence-electron chi connectivity index (χ2n) is 11.0. The van der Waals surface area contributed by atoms with Crippen LogP contribution in [0.25, 0.3) is 21.9 Å². The van der Waals surface area contributed by atoms with Gasteiger partial charge in [0.15, 0.2) is 0 Å². The van der Waals surface area contributed by atoms with Crippen molar-refractivity contribution in [2.24, 2.45) is 5.41 Å². The second-order valence-corrected chi connectivity index (χ2v) is 11.0. The van der Waals surface area contributed by atoms with Crippen molar-refractivity contribution in [3.63, 3.8) is 0 Å². The molecule has 5 rings (SSSR count). The number of aryl methyl sites for hydroxylation is 1. The number of ether oxygens (including phenoxy) is 3. The van der Waals surface area contributed by atoms with Crippen molar-refractivity contribution in [3.05, 3.63) is 89.4 Å². The predicted octanol–water partition coefficient (Wildman–Crippen LogP) is 7.77. The second kappa shape index (κ2) is 10.7. The number of halogens is 1. The van der Waals surface area contributed by atoms with Crippen LogP contribution in [0.4, 0.5) is 4.39 Å². The highest BCUT2D eigenvalue weighted by molar-refractivity contribution is 6.01. The number of hydrogen-bond donors (Lipinski definition) is 0. The number of fused-ring (bicyclic) bond motifs is 1. The first kappa shape index (κ1) is 26.7. The summed E-state index contributed by atoms with van der Waals surface area (Å²) in [5, 5.41) is 1.77. The Labute approximate surface area is 228 Å². The van der Waals surface area contributed by atoms with Gasteiger partial charge in [-0.05, 0) is 72.2 Å². The maximum absolute atomic E-state index is 14.2. The SMILES string of the molecule is COC(=O)C1(C)CC(Oc2nc(C(C)C)c(-c3ccc(F)c(C)c3)c3ccc(OCc4ccccc4)cc23)C1. The summed E-state index contributed by atoms with van der Waals surface area (Å²) in [6.45, 7) is 8.29. The Morgan fingerprint density at radius 3 is 2.46 bits per heavy atom. The van der Waals surface area contributed by atoms with Crippen LogP contribution in [0.1, 0.15) is 56.4 Å². The highest BCUT2D eigenvalue weighted by Gasteiger charge is 2.49. The van der Waals surface area contributed by atoms with Crippen molar-refractivity contribution in [1.29, 1.82) is 0 Å². The number of benzene rings is 3. The van der Waals surface area contributed by atoms with Gasteiger partial charge in [0.2, 0.25) is 5.88 Å². The summed E-state index contributed by atoms with van der Waals surface area (Å²) in [5.74, 6) is 0.842. The molecule has 0 atom stereocenters. The molecule has 0 radical (unpaired) electrons. The molecule has 1 aromatic heterocycles. The van der Waals surface area contributed by atoms with E-state index >= 15 is 0 Å². The zero-order valence-electron chi connectivity index (χ0n) is 23.1. The summed E-state index contributed by atoms with van der Waals surface area (Å²) in [5.41, 5.74) is 3.83. The Balaban J connectivity index is 1.59. The lowest BCUT2D eigenvalue weighted by molar-refractivity contribution is -0.163. The maximum Gasteiger partial charge on any atom is 0.311 e. The molecule has 5 nitrogen and oxygen atoms in total. The van der Waals surface area contributed by atoms with Gasteiger partial charge in [0.1, 0.15) is 24.3 Å². The molecule has 1 fully saturated rings. The minimum absolute atomic E-state index is 0.0906. The molecule has 0 aliphatic heterocycles. The molecule has 1 aliphatic rings. The van der Waals surface area contributed by atoms with E-state index in [4.69, 9.17) is 19.2 Å². The normalized spacial score (nSPS) is 18.6. The lowest BCUT2D eigenvalue weighted by Gasteiger charge is -2.42. The van der Waals surface area contributed by atoms with Crippen LogP contribution in [0.15, 0.2) is 66.7 Å². The highest BCUT2D eigenvalue weighted by atomic mass is 19.1.